The van der Waals surface area contributed by atoms with Crippen LogP contribution in [-0.4, -0.2) is 57.0 Å². The molecule has 0 unspecified atom stereocenters. The van der Waals surface area contributed by atoms with Crippen LogP contribution in [0.2, 0.25) is 0 Å². The molecule has 8 nitrogen and oxygen atoms in total. The lowest BCUT2D eigenvalue weighted by molar-refractivity contribution is -0.146. The largest absolute Gasteiger partial charge is 0.493 e. The molecule has 34 heavy (non-hydrogen) atoms. The van der Waals surface area contributed by atoms with Gasteiger partial charge in [0.1, 0.15) is 10.4 Å². The number of nitrogens with zero attached hydrogens (tertiary/aromatic N) is 1. The Morgan fingerprint density at radius 3 is 2.50 bits per heavy atom. The third kappa shape index (κ3) is 8.02. The van der Waals surface area contributed by atoms with Crippen LogP contribution in [-0.2, 0) is 14.4 Å². The molecule has 0 spiro atoms. The third-order valence-corrected chi connectivity index (χ3v) is 6.62. The SMILES string of the molecule is CCCCCCCCOc1ccc(/C=C2\SC(=S)N([C@@H](CCC(=O)O)C(=O)O)C2=O)cc1OC. The Bertz CT molecular complexity index is 932. The molecule has 1 fully saturated rings. The third-order valence-electron chi connectivity index (χ3n) is 5.29. The van der Waals surface area contributed by atoms with Crippen molar-refractivity contribution in [2.24, 2.45) is 0 Å². The molecule has 0 saturated carbocycles. The number of methoxy groups -OCH3 is 1. The number of thioether (sulfide) groups is 1. The molecule has 10 heteroatoms. The lowest BCUT2D eigenvalue weighted by atomic mass is 10.1. The number of carbonyl (C=O) groups is 3. The van der Waals surface area contributed by atoms with Crippen molar-refractivity contribution in [1.82, 2.24) is 4.90 Å². The number of carboxylic acids is 2. The molecule has 1 atom stereocenters. The Kier molecular flexibility index (Phi) is 11.4. The Balaban J connectivity index is 2.07. The van der Waals surface area contributed by atoms with E-state index in [0.29, 0.717) is 23.7 Å². The maximum absolute atomic E-state index is 12.9. The molecule has 0 radical (unpaired) electrons. The number of hydrogen-bond acceptors (Lipinski definition) is 7. The second kappa shape index (κ2) is 14.0. The lowest BCUT2D eigenvalue weighted by Gasteiger charge is -2.22. The lowest BCUT2D eigenvalue weighted by Crippen LogP contribution is -2.44. The molecule has 1 saturated heterocycles. The van der Waals surface area contributed by atoms with Gasteiger partial charge in [-0.15, -0.1) is 0 Å². The molecule has 1 aliphatic heterocycles. The van der Waals surface area contributed by atoms with Gasteiger partial charge < -0.3 is 19.7 Å². The number of carbonyl (C=O) groups excluding carboxylic acids is 1. The van der Waals surface area contributed by atoms with Crippen LogP contribution in [0.5, 0.6) is 11.5 Å². The normalized spacial score (nSPS) is 15.6. The van der Waals surface area contributed by atoms with Crippen molar-refractivity contribution in [2.45, 2.75) is 64.3 Å². The average molecular weight is 510 g/mol. The first kappa shape index (κ1) is 27.7. The minimum atomic E-state index is -1.33. The summed E-state index contributed by atoms with van der Waals surface area (Å²) in [4.78, 5) is 36.6. The molecule has 0 aromatic heterocycles. The van der Waals surface area contributed by atoms with Gasteiger partial charge in [0.05, 0.1) is 18.6 Å². The van der Waals surface area contributed by atoms with Crippen molar-refractivity contribution < 1.29 is 34.1 Å². The fourth-order valence-corrected chi connectivity index (χ4v) is 4.84. The summed E-state index contributed by atoms with van der Waals surface area (Å²) in [7, 11) is 1.54. The maximum Gasteiger partial charge on any atom is 0.326 e. The van der Waals surface area contributed by atoms with E-state index >= 15 is 0 Å². The number of carboxylic acid groups (broad SMARTS) is 2. The van der Waals surface area contributed by atoms with Crippen molar-refractivity contribution >= 4 is 52.2 Å². The smallest absolute Gasteiger partial charge is 0.326 e. The molecule has 2 N–H and O–H groups in total. The van der Waals surface area contributed by atoms with Crippen molar-refractivity contribution in [3.8, 4) is 11.5 Å². The number of aliphatic carboxylic acids is 2. The van der Waals surface area contributed by atoms with Gasteiger partial charge in [-0.3, -0.25) is 14.5 Å². The number of unbranched alkanes of at least 4 members (excludes halogenated alkanes) is 5. The minimum absolute atomic E-state index is 0.0832. The van der Waals surface area contributed by atoms with Crippen molar-refractivity contribution in [3.05, 3.63) is 28.7 Å². The summed E-state index contributed by atoms with van der Waals surface area (Å²) in [5, 5.41) is 18.4. The van der Waals surface area contributed by atoms with E-state index in [1.54, 1.807) is 24.3 Å². The molecule has 1 amide bonds. The van der Waals surface area contributed by atoms with Crippen LogP contribution in [0.1, 0.15) is 63.9 Å². The zero-order valence-electron chi connectivity index (χ0n) is 19.5. The van der Waals surface area contributed by atoms with Crippen LogP contribution < -0.4 is 9.47 Å². The quantitative estimate of drug-likeness (QED) is 0.192. The Hall–Kier alpha value is -2.59. The van der Waals surface area contributed by atoms with E-state index in [1.807, 2.05) is 0 Å². The van der Waals surface area contributed by atoms with E-state index in [4.69, 9.17) is 26.8 Å². The monoisotopic (exact) mass is 509 g/mol. The number of thiocarbonyl (C=S) groups is 1. The van der Waals surface area contributed by atoms with Gasteiger partial charge in [-0.2, -0.15) is 0 Å². The van der Waals surface area contributed by atoms with Crippen molar-refractivity contribution in [2.75, 3.05) is 13.7 Å². The van der Waals surface area contributed by atoms with Gasteiger partial charge in [-0.1, -0.05) is 69.1 Å². The second-order valence-electron chi connectivity index (χ2n) is 7.86. The maximum atomic E-state index is 12.9. The van der Waals surface area contributed by atoms with Gasteiger partial charge in [-0.25, -0.2) is 4.79 Å². The summed E-state index contributed by atoms with van der Waals surface area (Å²) in [6.45, 7) is 2.78. The van der Waals surface area contributed by atoms with Gasteiger partial charge in [0.2, 0.25) is 0 Å². The first-order valence-corrected chi connectivity index (χ1v) is 12.5. The molecule has 0 aliphatic carbocycles. The highest BCUT2D eigenvalue weighted by Gasteiger charge is 2.40. The molecule has 1 aromatic rings. The van der Waals surface area contributed by atoms with Gasteiger partial charge in [0.15, 0.2) is 11.5 Å². The van der Waals surface area contributed by atoms with E-state index in [1.165, 1.54) is 32.8 Å². The van der Waals surface area contributed by atoms with E-state index in [-0.39, 0.29) is 22.1 Å². The average Bonchev–Trinajstić information content (AvgIpc) is 3.06. The van der Waals surface area contributed by atoms with E-state index < -0.39 is 23.9 Å². The minimum Gasteiger partial charge on any atom is -0.493 e. The van der Waals surface area contributed by atoms with Crippen LogP contribution in [0.4, 0.5) is 0 Å². The summed E-state index contributed by atoms with van der Waals surface area (Å²) in [6, 6.07) is 3.96. The first-order chi connectivity index (χ1) is 16.3. The van der Waals surface area contributed by atoms with Crippen molar-refractivity contribution in [1.29, 1.82) is 0 Å². The molecular weight excluding hydrogens is 478 g/mol. The Labute approximate surface area is 209 Å². The van der Waals surface area contributed by atoms with Gasteiger partial charge >= 0.3 is 11.9 Å². The van der Waals surface area contributed by atoms with Crippen LogP contribution >= 0.6 is 24.0 Å². The molecular formula is C24H31NO7S2. The van der Waals surface area contributed by atoms with Crippen LogP contribution in [0.3, 0.4) is 0 Å². The summed E-state index contributed by atoms with van der Waals surface area (Å²) < 4.78 is 11.4. The predicted octanol–water partition coefficient (Wildman–Crippen LogP) is 4.95. The molecule has 1 aliphatic rings. The summed E-state index contributed by atoms with van der Waals surface area (Å²) in [5.74, 6) is -1.86. The highest BCUT2D eigenvalue weighted by Crippen LogP contribution is 2.36. The molecule has 186 valence electrons. The molecule has 0 bridgehead atoms. The van der Waals surface area contributed by atoms with Crippen molar-refractivity contribution in [3.63, 3.8) is 0 Å². The van der Waals surface area contributed by atoms with E-state index in [9.17, 15) is 19.5 Å². The van der Waals surface area contributed by atoms with Gasteiger partial charge in [-0.05, 0) is 36.6 Å². The zero-order valence-corrected chi connectivity index (χ0v) is 21.1. The number of benzene rings is 1. The Morgan fingerprint density at radius 1 is 1.15 bits per heavy atom. The number of ether oxygens (including phenoxy) is 2. The summed E-state index contributed by atoms with van der Waals surface area (Å²) in [5.41, 5.74) is 0.668. The molecule has 2 rings (SSSR count). The van der Waals surface area contributed by atoms with Crippen LogP contribution in [0.15, 0.2) is 23.1 Å². The van der Waals surface area contributed by atoms with Crippen LogP contribution in [0, 0.1) is 0 Å². The number of rotatable bonds is 15. The molecule has 1 aromatic carbocycles. The first-order valence-electron chi connectivity index (χ1n) is 11.3. The zero-order chi connectivity index (χ0) is 25.1. The summed E-state index contributed by atoms with van der Waals surface area (Å²) >= 11 is 6.21. The fourth-order valence-electron chi connectivity index (χ4n) is 3.48. The highest BCUT2D eigenvalue weighted by atomic mass is 32.2. The second-order valence-corrected chi connectivity index (χ2v) is 9.54. The fraction of sp³-hybridized carbons (Fsp3) is 0.500. The van der Waals surface area contributed by atoms with E-state index in [2.05, 4.69) is 6.92 Å². The number of hydrogen-bond donors (Lipinski definition) is 2. The Morgan fingerprint density at radius 2 is 1.85 bits per heavy atom. The standard InChI is InChI=1S/C24H31NO7S2/c1-3-4-5-6-7-8-13-32-18-11-9-16(14-19(18)31-2)15-20-22(28)25(24(33)34-20)17(23(29)30)10-12-21(26)27/h9,11,14-15,17H,3-8,10,12-13H2,1-2H3,(H,26,27)(H,29,30)/b20-15-/t17-/m0/s1. The summed E-state index contributed by atoms with van der Waals surface area (Å²) in [6.07, 6.45) is 7.99. The van der Waals surface area contributed by atoms with E-state index in [0.717, 1.165) is 29.5 Å². The van der Waals surface area contributed by atoms with Gasteiger partial charge in [0.25, 0.3) is 5.91 Å². The van der Waals surface area contributed by atoms with Crippen LogP contribution in [0.25, 0.3) is 6.08 Å². The topological polar surface area (TPSA) is 113 Å². The number of amides is 1. The van der Waals surface area contributed by atoms with Gasteiger partial charge in [0, 0.05) is 6.42 Å². The molecule has 1 heterocycles. The predicted molar refractivity (Wildman–Crippen MR) is 135 cm³/mol. The highest BCUT2D eigenvalue weighted by molar-refractivity contribution is 8.26.